The van der Waals surface area contributed by atoms with Crippen LogP contribution in [0.5, 0.6) is 5.75 Å². The molecule has 0 atom stereocenters. The van der Waals surface area contributed by atoms with Crippen LogP contribution in [0.1, 0.15) is 0 Å². The highest BCUT2D eigenvalue weighted by Gasteiger charge is 2.11. The third-order valence-corrected chi connectivity index (χ3v) is 1.97. The molecular formula is C10H9FN2O2. The second-order valence-corrected chi connectivity index (χ2v) is 2.96. The SMILES string of the molecule is COc1ccc(F)c(-c2cc(N)no2)c1. The lowest BCUT2D eigenvalue weighted by molar-refractivity contribution is 0.411. The molecule has 15 heavy (non-hydrogen) atoms. The van der Waals surface area contributed by atoms with E-state index in [-0.39, 0.29) is 17.1 Å². The van der Waals surface area contributed by atoms with E-state index >= 15 is 0 Å². The van der Waals surface area contributed by atoms with Crippen molar-refractivity contribution in [3.05, 3.63) is 30.1 Å². The molecule has 1 heterocycles. The Bertz CT molecular complexity index is 482. The largest absolute Gasteiger partial charge is 0.497 e. The predicted molar refractivity (Wildman–Crippen MR) is 52.9 cm³/mol. The van der Waals surface area contributed by atoms with Gasteiger partial charge in [-0.1, -0.05) is 5.16 Å². The van der Waals surface area contributed by atoms with Crippen LogP contribution >= 0.6 is 0 Å². The number of aromatic nitrogens is 1. The fourth-order valence-electron chi connectivity index (χ4n) is 1.24. The normalized spacial score (nSPS) is 10.3. The average molecular weight is 208 g/mol. The minimum absolute atomic E-state index is 0.215. The topological polar surface area (TPSA) is 61.3 Å². The summed E-state index contributed by atoms with van der Waals surface area (Å²) < 4.78 is 23.3. The van der Waals surface area contributed by atoms with Gasteiger partial charge in [0, 0.05) is 6.07 Å². The van der Waals surface area contributed by atoms with E-state index in [4.69, 9.17) is 15.0 Å². The Hall–Kier alpha value is -2.04. The second-order valence-electron chi connectivity index (χ2n) is 2.96. The fourth-order valence-corrected chi connectivity index (χ4v) is 1.24. The first-order valence-electron chi connectivity index (χ1n) is 4.27. The zero-order valence-electron chi connectivity index (χ0n) is 8.03. The zero-order valence-corrected chi connectivity index (χ0v) is 8.03. The molecule has 0 aliphatic heterocycles. The summed E-state index contributed by atoms with van der Waals surface area (Å²) in [6.45, 7) is 0. The number of anilines is 1. The summed E-state index contributed by atoms with van der Waals surface area (Å²) >= 11 is 0. The van der Waals surface area contributed by atoms with Crippen LogP contribution in [-0.2, 0) is 0 Å². The van der Waals surface area contributed by atoms with Gasteiger partial charge in [-0.3, -0.25) is 0 Å². The molecule has 1 aromatic heterocycles. The van der Waals surface area contributed by atoms with Crippen molar-refractivity contribution in [1.29, 1.82) is 0 Å². The van der Waals surface area contributed by atoms with E-state index in [0.29, 0.717) is 5.75 Å². The monoisotopic (exact) mass is 208 g/mol. The maximum Gasteiger partial charge on any atom is 0.172 e. The standard InChI is InChI=1S/C10H9FN2O2/c1-14-6-2-3-8(11)7(4-6)9-5-10(12)13-15-9/h2-5H,1H3,(H2,12,13). The molecule has 78 valence electrons. The van der Waals surface area contributed by atoms with Crippen molar-refractivity contribution in [3.63, 3.8) is 0 Å². The van der Waals surface area contributed by atoms with Gasteiger partial charge in [0.05, 0.1) is 12.7 Å². The van der Waals surface area contributed by atoms with Gasteiger partial charge >= 0.3 is 0 Å². The molecule has 0 aliphatic carbocycles. The van der Waals surface area contributed by atoms with E-state index in [1.165, 1.54) is 31.4 Å². The van der Waals surface area contributed by atoms with Crippen LogP contribution in [0.25, 0.3) is 11.3 Å². The first kappa shape index (κ1) is 9.51. The molecule has 1 aromatic carbocycles. The van der Waals surface area contributed by atoms with E-state index < -0.39 is 5.82 Å². The van der Waals surface area contributed by atoms with Gasteiger partial charge in [0.1, 0.15) is 11.6 Å². The van der Waals surface area contributed by atoms with E-state index in [1.807, 2.05) is 0 Å². The van der Waals surface area contributed by atoms with Crippen molar-refractivity contribution in [3.8, 4) is 17.1 Å². The zero-order chi connectivity index (χ0) is 10.8. The summed E-state index contributed by atoms with van der Waals surface area (Å²) in [5.74, 6) is 0.629. The van der Waals surface area contributed by atoms with Gasteiger partial charge in [0.25, 0.3) is 0 Å². The lowest BCUT2D eigenvalue weighted by atomic mass is 10.1. The predicted octanol–water partition coefficient (Wildman–Crippen LogP) is 2.07. The van der Waals surface area contributed by atoms with E-state index in [0.717, 1.165) is 0 Å². The maximum absolute atomic E-state index is 13.4. The molecule has 0 unspecified atom stereocenters. The van der Waals surface area contributed by atoms with Gasteiger partial charge < -0.3 is 15.0 Å². The van der Waals surface area contributed by atoms with Gasteiger partial charge in [-0.2, -0.15) is 0 Å². The molecule has 2 N–H and O–H groups in total. The molecule has 0 spiro atoms. The summed E-state index contributed by atoms with van der Waals surface area (Å²) in [6.07, 6.45) is 0. The number of nitrogen functional groups attached to an aromatic ring is 1. The third kappa shape index (κ3) is 1.76. The number of methoxy groups -OCH3 is 1. The van der Waals surface area contributed by atoms with Crippen LogP contribution < -0.4 is 10.5 Å². The molecule has 2 rings (SSSR count). The van der Waals surface area contributed by atoms with Crippen molar-refractivity contribution in [1.82, 2.24) is 5.16 Å². The molecule has 0 bridgehead atoms. The molecule has 2 aromatic rings. The first-order valence-corrected chi connectivity index (χ1v) is 4.27. The molecule has 0 saturated carbocycles. The quantitative estimate of drug-likeness (QED) is 0.820. The average Bonchev–Trinajstić information content (AvgIpc) is 2.65. The number of hydrogen-bond acceptors (Lipinski definition) is 4. The highest BCUT2D eigenvalue weighted by molar-refractivity contribution is 5.62. The minimum atomic E-state index is -0.410. The number of nitrogens with two attached hydrogens (primary N) is 1. The van der Waals surface area contributed by atoms with Crippen LogP contribution in [0.2, 0.25) is 0 Å². The summed E-state index contributed by atoms with van der Waals surface area (Å²) in [6, 6.07) is 5.80. The molecule has 0 saturated heterocycles. The summed E-state index contributed by atoms with van der Waals surface area (Å²) in [7, 11) is 1.51. The van der Waals surface area contributed by atoms with Crippen LogP contribution in [0.4, 0.5) is 10.2 Å². The van der Waals surface area contributed by atoms with Gasteiger partial charge in [-0.15, -0.1) is 0 Å². The number of halogens is 1. The van der Waals surface area contributed by atoms with E-state index in [2.05, 4.69) is 5.16 Å². The Morgan fingerprint density at radius 1 is 1.40 bits per heavy atom. The number of ether oxygens (including phenoxy) is 1. The first-order chi connectivity index (χ1) is 7.20. The second kappa shape index (κ2) is 3.61. The molecule has 0 amide bonds. The molecule has 0 aliphatic rings. The van der Waals surface area contributed by atoms with Crippen LogP contribution in [0.15, 0.2) is 28.8 Å². The summed E-state index contributed by atoms with van der Waals surface area (Å²) in [4.78, 5) is 0. The Kier molecular flexibility index (Phi) is 2.29. The number of nitrogens with zero attached hydrogens (tertiary/aromatic N) is 1. The highest BCUT2D eigenvalue weighted by Crippen LogP contribution is 2.27. The van der Waals surface area contributed by atoms with Crippen molar-refractivity contribution >= 4 is 5.82 Å². The number of rotatable bonds is 2. The van der Waals surface area contributed by atoms with Crippen molar-refractivity contribution in [2.24, 2.45) is 0 Å². The van der Waals surface area contributed by atoms with Crippen LogP contribution in [0.3, 0.4) is 0 Å². The Balaban J connectivity index is 2.51. The minimum Gasteiger partial charge on any atom is -0.497 e. The van der Waals surface area contributed by atoms with Crippen molar-refractivity contribution in [2.45, 2.75) is 0 Å². The maximum atomic E-state index is 13.4. The lowest BCUT2D eigenvalue weighted by Gasteiger charge is -2.02. The third-order valence-electron chi connectivity index (χ3n) is 1.97. The van der Waals surface area contributed by atoms with Gasteiger partial charge in [-0.25, -0.2) is 4.39 Å². The molecule has 4 nitrogen and oxygen atoms in total. The lowest BCUT2D eigenvalue weighted by Crippen LogP contribution is -1.87. The summed E-state index contributed by atoms with van der Waals surface area (Å²) in [5.41, 5.74) is 5.65. The van der Waals surface area contributed by atoms with E-state index in [9.17, 15) is 4.39 Å². The molecular weight excluding hydrogens is 199 g/mol. The van der Waals surface area contributed by atoms with Crippen molar-refractivity contribution < 1.29 is 13.7 Å². The number of hydrogen-bond donors (Lipinski definition) is 1. The van der Waals surface area contributed by atoms with Crippen LogP contribution in [-0.4, -0.2) is 12.3 Å². The van der Waals surface area contributed by atoms with Gasteiger partial charge in [0.2, 0.25) is 0 Å². The van der Waals surface area contributed by atoms with E-state index in [1.54, 1.807) is 0 Å². The van der Waals surface area contributed by atoms with Crippen LogP contribution in [0, 0.1) is 5.82 Å². The number of benzene rings is 1. The Labute approximate surface area is 85.4 Å². The van der Waals surface area contributed by atoms with Gasteiger partial charge in [0.15, 0.2) is 11.6 Å². The van der Waals surface area contributed by atoms with Gasteiger partial charge in [-0.05, 0) is 18.2 Å². The fraction of sp³-hybridized carbons (Fsp3) is 0.100. The smallest absolute Gasteiger partial charge is 0.172 e. The molecule has 0 radical (unpaired) electrons. The van der Waals surface area contributed by atoms with Crippen molar-refractivity contribution in [2.75, 3.05) is 12.8 Å². The Morgan fingerprint density at radius 2 is 2.20 bits per heavy atom. The molecule has 5 heteroatoms. The highest BCUT2D eigenvalue weighted by atomic mass is 19.1. The molecule has 0 fully saturated rings. The summed E-state index contributed by atoms with van der Waals surface area (Å²) in [5, 5.41) is 3.48. The Morgan fingerprint density at radius 3 is 2.80 bits per heavy atom.